The first-order valence-corrected chi connectivity index (χ1v) is 9.73. The molecule has 1 aromatic heterocycles. The van der Waals surface area contributed by atoms with Gasteiger partial charge in [0.05, 0.1) is 11.8 Å². The van der Waals surface area contributed by atoms with Crippen LogP contribution in [0.2, 0.25) is 0 Å². The number of para-hydroxylation sites is 1. The number of aromatic hydroxyl groups is 1. The summed E-state index contributed by atoms with van der Waals surface area (Å²) in [4.78, 5) is 7.35. The largest absolute Gasteiger partial charge is 0.506 e. The van der Waals surface area contributed by atoms with Crippen LogP contribution in [0.25, 0.3) is 16.3 Å². The average molecular weight is 366 g/mol. The van der Waals surface area contributed by atoms with Gasteiger partial charge in [0.2, 0.25) is 0 Å². The van der Waals surface area contributed by atoms with Crippen LogP contribution in [0.4, 0.5) is 0 Å². The molecular formula is C21H22N2O2S. The Labute approximate surface area is 156 Å². The maximum absolute atomic E-state index is 10.2. The summed E-state index contributed by atoms with van der Waals surface area (Å²) in [6.45, 7) is 3.13. The van der Waals surface area contributed by atoms with Crippen molar-refractivity contribution in [3.8, 4) is 11.5 Å². The Kier molecular flexibility index (Phi) is 4.55. The molecule has 0 radical (unpaired) electrons. The first-order valence-electron chi connectivity index (χ1n) is 8.91. The minimum Gasteiger partial charge on any atom is -0.506 e. The quantitative estimate of drug-likeness (QED) is 0.747. The van der Waals surface area contributed by atoms with Gasteiger partial charge < -0.3 is 14.7 Å². The number of methoxy groups -OCH3 is 1. The van der Waals surface area contributed by atoms with Gasteiger partial charge in [0.15, 0.2) is 6.17 Å². The van der Waals surface area contributed by atoms with Crippen LogP contribution in [-0.4, -0.2) is 23.7 Å². The second-order valence-electron chi connectivity index (χ2n) is 6.44. The summed E-state index contributed by atoms with van der Waals surface area (Å²) < 4.78 is 7.44. The number of unbranched alkanes of at least 4 members (excludes halogenated alkanes) is 1. The van der Waals surface area contributed by atoms with E-state index in [4.69, 9.17) is 9.73 Å². The highest BCUT2D eigenvalue weighted by Gasteiger charge is 2.24. The van der Waals surface area contributed by atoms with E-state index in [2.05, 4.69) is 30.2 Å². The predicted octanol–water partition coefficient (Wildman–Crippen LogP) is 3.79. The van der Waals surface area contributed by atoms with Crippen molar-refractivity contribution in [2.24, 2.45) is 4.99 Å². The molecule has 0 amide bonds. The molecule has 0 saturated heterocycles. The number of phenolic OH excluding ortho intramolecular Hbond substituents is 1. The number of hydrogen-bond donors (Lipinski definition) is 1. The van der Waals surface area contributed by atoms with Crippen LogP contribution in [0.5, 0.6) is 11.5 Å². The molecule has 1 atom stereocenters. The number of fused-ring (bicyclic) bond motifs is 3. The lowest BCUT2D eigenvalue weighted by atomic mass is 10.1. The maximum Gasteiger partial charge on any atom is 0.152 e. The summed E-state index contributed by atoms with van der Waals surface area (Å²) in [6, 6.07) is 13.7. The van der Waals surface area contributed by atoms with Crippen molar-refractivity contribution in [2.75, 3.05) is 13.7 Å². The molecular weight excluding hydrogens is 344 g/mol. The second-order valence-corrected chi connectivity index (χ2v) is 7.44. The lowest BCUT2D eigenvalue weighted by Gasteiger charge is -2.30. The van der Waals surface area contributed by atoms with Crippen molar-refractivity contribution in [3.05, 3.63) is 57.9 Å². The molecule has 4 rings (SSSR count). The van der Waals surface area contributed by atoms with Crippen molar-refractivity contribution < 1.29 is 9.84 Å². The molecule has 0 bridgehead atoms. The highest BCUT2D eigenvalue weighted by Crippen LogP contribution is 2.33. The van der Waals surface area contributed by atoms with Crippen LogP contribution in [-0.2, 0) is 0 Å². The SMILES string of the molecule is CCCCN1C=c2c(sc3c(O)cccc23)=NC1c1ccccc1OC. The summed E-state index contributed by atoms with van der Waals surface area (Å²) in [6.07, 6.45) is 4.31. The van der Waals surface area contributed by atoms with E-state index >= 15 is 0 Å². The molecule has 2 heterocycles. The van der Waals surface area contributed by atoms with Crippen LogP contribution in [0.3, 0.4) is 0 Å². The van der Waals surface area contributed by atoms with Crippen LogP contribution >= 0.6 is 11.3 Å². The van der Waals surface area contributed by atoms with Gasteiger partial charge in [-0.2, -0.15) is 0 Å². The molecule has 4 nitrogen and oxygen atoms in total. The number of nitrogens with zero attached hydrogens (tertiary/aromatic N) is 2. The number of phenols is 1. The monoisotopic (exact) mass is 366 g/mol. The Morgan fingerprint density at radius 1 is 1.19 bits per heavy atom. The molecule has 134 valence electrons. The Balaban J connectivity index is 1.92. The third-order valence-corrected chi connectivity index (χ3v) is 5.90. The highest BCUT2D eigenvalue weighted by atomic mass is 32.1. The molecule has 1 unspecified atom stereocenters. The van der Waals surface area contributed by atoms with Crippen molar-refractivity contribution in [3.63, 3.8) is 0 Å². The van der Waals surface area contributed by atoms with E-state index in [-0.39, 0.29) is 6.17 Å². The standard InChI is InChI=1S/C21H22N2O2S/c1-3-4-12-23-13-16-14-9-7-10-17(24)19(14)26-21(16)22-20(23)15-8-5-6-11-18(15)25-2/h5-11,13,20,24H,3-4,12H2,1-2H3. The van der Waals surface area contributed by atoms with Crippen molar-refractivity contribution in [1.29, 1.82) is 0 Å². The molecule has 0 spiro atoms. The van der Waals surface area contributed by atoms with Gasteiger partial charge in [-0.1, -0.05) is 43.7 Å². The minimum atomic E-state index is -0.111. The molecule has 0 aliphatic carbocycles. The zero-order valence-electron chi connectivity index (χ0n) is 15.0. The smallest absolute Gasteiger partial charge is 0.152 e. The van der Waals surface area contributed by atoms with Crippen LogP contribution in [0.15, 0.2) is 47.5 Å². The number of ether oxygens (including phenoxy) is 1. The summed E-state index contributed by atoms with van der Waals surface area (Å²) in [5.41, 5.74) is 1.06. The third-order valence-electron chi connectivity index (χ3n) is 4.75. The minimum absolute atomic E-state index is 0.111. The van der Waals surface area contributed by atoms with E-state index in [1.165, 1.54) is 0 Å². The molecule has 1 aliphatic heterocycles. The van der Waals surface area contributed by atoms with Gasteiger partial charge in [0, 0.05) is 28.9 Å². The topological polar surface area (TPSA) is 45.1 Å². The van der Waals surface area contributed by atoms with Crippen molar-refractivity contribution >= 4 is 27.6 Å². The molecule has 1 aliphatic rings. The average Bonchev–Trinajstić information content (AvgIpc) is 3.04. The Bertz CT molecular complexity index is 1060. The Morgan fingerprint density at radius 2 is 2.04 bits per heavy atom. The Hall–Kier alpha value is -2.53. The van der Waals surface area contributed by atoms with Gasteiger partial charge in [0.1, 0.15) is 16.2 Å². The zero-order valence-corrected chi connectivity index (χ0v) is 15.8. The summed E-state index contributed by atoms with van der Waals surface area (Å²) in [7, 11) is 1.70. The van der Waals surface area contributed by atoms with E-state index in [9.17, 15) is 5.11 Å². The van der Waals surface area contributed by atoms with E-state index in [0.717, 1.165) is 50.7 Å². The summed E-state index contributed by atoms with van der Waals surface area (Å²) in [5, 5.41) is 12.4. The Morgan fingerprint density at radius 3 is 2.85 bits per heavy atom. The second kappa shape index (κ2) is 7.00. The van der Waals surface area contributed by atoms with Crippen molar-refractivity contribution in [2.45, 2.75) is 25.9 Å². The zero-order chi connectivity index (χ0) is 18.1. The normalized spacial score (nSPS) is 16.1. The first kappa shape index (κ1) is 16.9. The fourth-order valence-electron chi connectivity index (χ4n) is 3.41. The fourth-order valence-corrected chi connectivity index (χ4v) is 4.49. The number of benzene rings is 2. The van der Waals surface area contributed by atoms with Crippen LogP contribution < -0.4 is 14.6 Å². The fraction of sp³-hybridized carbons (Fsp3) is 0.286. The number of hydrogen-bond acceptors (Lipinski definition) is 5. The number of rotatable bonds is 5. The number of thiophene rings is 1. The van der Waals surface area contributed by atoms with E-state index in [0.29, 0.717) is 5.75 Å². The molecule has 0 saturated carbocycles. The van der Waals surface area contributed by atoms with Gasteiger partial charge in [0.25, 0.3) is 0 Å². The molecule has 26 heavy (non-hydrogen) atoms. The van der Waals surface area contributed by atoms with E-state index in [1.54, 1.807) is 24.5 Å². The summed E-state index contributed by atoms with van der Waals surface area (Å²) >= 11 is 1.55. The van der Waals surface area contributed by atoms with E-state index in [1.807, 2.05) is 24.3 Å². The summed E-state index contributed by atoms with van der Waals surface area (Å²) in [5.74, 6) is 1.17. The molecule has 1 N–H and O–H groups in total. The van der Waals surface area contributed by atoms with Gasteiger partial charge in [-0.3, -0.25) is 0 Å². The van der Waals surface area contributed by atoms with Gasteiger partial charge >= 0.3 is 0 Å². The molecule has 5 heteroatoms. The van der Waals surface area contributed by atoms with Crippen LogP contribution in [0, 0.1) is 0 Å². The van der Waals surface area contributed by atoms with Crippen LogP contribution in [0.1, 0.15) is 31.5 Å². The maximum atomic E-state index is 10.2. The van der Waals surface area contributed by atoms with Gasteiger partial charge in [-0.05, 0) is 18.6 Å². The lowest BCUT2D eigenvalue weighted by molar-refractivity contribution is 0.293. The molecule has 2 aromatic carbocycles. The lowest BCUT2D eigenvalue weighted by Crippen LogP contribution is -2.36. The van der Waals surface area contributed by atoms with Crippen molar-refractivity contribution in [1.82, 2.24) is 4.90 Å². The van der Waals surface area contributed by atoms with E-state index < -0.39 is 0 Å². The first-order chi connectivity index (χ1) is 12.7. The van der Waals surface area contributed by atoms with Gasteiger partial charge in [-0.25, -0.2) is 4.99 Å². The third kappa shape index (κ3) is 2.82. The highest BCUT2D eigenvalue weighted by molar-refractivity contribution is 7.17. The molecule has 3 aromatic rings. The molecule has 0 fully saturated rings. The predicted molar refractivity (Wildman–Crippen MR) is 106 cm³/mol. The van der Waals surface area contributed by atoms with Gasteiger partial charge in [-0.15, -0.1) is 11.3 Å².